The molecule has 4 heteroatoms. The fourth-order valence-electron chi connectivity index (χ4n) is 2.23. The highest BCUT2D eigenvalue weighted by Crippen LogP contribution is 2.20. The lowest BCUT2D eigenvalue weighted by Gasteiger charge is -2.31. The minimum Gasteiger partial charge on any atom is -0.465 e. The van der Waals surface area contributed by atoms with Gasteiger partial charge in [-0.2, -0.15) is 0 Å². The van der Waals surface area contributed by atoms with Gasteiger partial charge in [0.15, 0.2) is 0 Å². The van der Waals surface area contributed by atoms with E-state index in [2.05, 4.69) is 13.5 Å². The van der Waals surface area contributed by atoms with Crippen LogP contribution < -0.4 is 0 Å². The summed E-state index contributed by atoms with van der Waals surface area (Å²) in [5.41, 5.74) is 0.556. The molecule has 0 aromatic heterocycles. The number of esters is 1. The SMILES string of the molecule is C=C(C)C(=O)N1CCC(C(=O)OCCCCC)CC1. The van der Waals surface area contributed by atoms with Crippen molar-refractivity contribution in [2.24, 2.45) is 5.92 Å². The Morgan fingerprint density at radius 1 is 1.26 bits per heavy atom. The molecule has 4 nitrogen and oxygen atoms in total. The molecule has 108 valence electrons. The molecule has 0 N–H and O–H groups in total. The van der Waals surface area contributed by atoms with Crippen LogP contribution in [0.15, 0.2) is 12.2 Å². The van der Waals surface area contributed by atoms with Crippen molar-refractivity contribution >= 4 is 11.9 Å². The number of piperidine rings is 1. The molecule has 1 saturated heterocycles. The Morgan fingerprint density at radius 2 is 1.89 bits per heavy atom. The van der Waals surface area contributed by atoms with Crippen molar-refractivity contribution in [3.8, 4) is 0 Å². The van der Waals surface area contributed by atoms with E-state index in [1.807, 2.05) is 0 Å². The van der Waals surface area contributed by atoms with Gasteiger partial charge in [0.1, 0.15) is 0 Å². The first kappa shape index (κ1) is 15.7. The number of amides is 1. The lowest BCUT2D eigenvalue weighted by Crippen LogP contribution is -2.40. The summed E-state index contributed by atoms with van der Waals surface area (Å²) in [7, 11) is 0. The van der Waals surface area contributed by atoms with Crippen molar-refractivity contribution in [2.75, 3.05) is 19.7 Å². The minimum absolute atomic E-state index is 0.00485. The highest BCUT2D eigenvalue weighted by atomic mass is 16.5. The summed E-state index contributed by atoms with van der Waals surface area (Å²) in [4.78, 5) is 25.3. The molecule has 0 spiro atoms. The maximum atomic E-state index is 11.8. The molecule has 1 aliphatic heterocycles. The van der Waals surface area contributed by atoms with Crippen molar-refractivity contribution in [1.29, 1.82) is 0 Å². The number of carbonyl (C=O) groups is 2. The van der Waals surface area contributed by atoms with Crippen LogP contribution in [0.2, 0.25) is 0 Å². The van der Waals surface area contributed by atoms with E-state index in [1.165, 1.54) is 0 Å². The van der Waals surface area contributed by atoms with Crippen LogP contribution in [0.1, 0.15) is 46.0 Å². The van der Waals surface area contributed by atoms with E-state index < -0.39 is 0 Å². The molecular weight excluding hydrogens is 242 g/mol. The van der Waals surface area contributed by atoms with E-state index in [9.17, 15) is 9.59 Å². The molecule has 0 unspecified atom stereocenters. The second kappa shape index (κ2) is 7.97. The summed E-state index contributed by atoms with van der Waals surface area (Å²) < 4.78 is 5.27. The average molecular weight is 267 g/mol. The second-order valence-corrected chi connectivity index (χ2v) is 5.22. The molecule has 0 aromatic rings. The van der Waals surface area contributed by atoms with Gasteiger partial charge in [0.05, 0.1) is 12.5 Å². The van der Waals surface area contributed by atoms with E-state index >= 15 is 0 Å². The number of ether oxygens (including phenoxy) is 1. The zero-order valence-electron chi connectivity index (χ0n) is 12.1. The first-order valence-electron chi connectivity index (χ1n) is 7.17. The average Bonchev–Trinajstić information content (AvgIpc) is 2.42. The summed E-state index contributed by atoms with van der Waals surface area (Å²) in [5, 5.41) is 0. The summed E-state index contributed by atoms with van der Waals surface area (Å²) in [5.74, 6) is -0.149. The molecule has 1 heterocycles. The molecule has 0 radical (unpaired) electrons. The third kappa shape index (κ3) is 5.05. The fourth-order valence-corrected chi connectivity index (χ4v) is 2.23. The van der Waals surface area contributed by atoms with E-state index in [0.717, 1.165) is 19.3 Å². The zero-order chi connectivity index (χ0) is 14.3. The van der Waals surface area contributed by atoms with Gasteiger partial charge >= 0.3 is 5.97 Å². The van der Waals surface area contributed by atoms with Gasteiger partial charge in [-0.05, 0) is 26.2 Å². The minimum atomic E-state index is -0.0986. The van der Waals surface area contributed by atoms with Gasteiger partial charge in [-0.15, -0.1) is 0 Å². The maximum Gasteiger partial charge on any atom is 0.309 e. The predicted octanol–water partition coefficient (Wildman–Crippen LogP) is 2.53. The number of unbranched alkanes of at least 4 members (excludes halogenated alkanes) is 2. The van der Waals surface area contributed by atoms with E-state index in [1.54, 1.807) is 11.8 Å². The predicted molar refractivity (Wildman–Crippen MR) is 74.6 cm³/mol. The zero-order valence-corrected chi connectivity index (χ0v) is 12.1. The molecule has 1 aliphatic rings. The summed E-state index contributed by atoms with van der Waals surface area (Å²) in [6, 6.07) is 0. The van der Waals surface area contributed by atoms with Crippen LogP contribution in [0.3, 0.4) is 0 Å². The highest BCUT2D eigenvalue weighted by molar-refractivity contribution is 5.92. The molecule has 1 rings (SSSR count). The van der Waals surface area contributed by atoms with E-state index in [-0.39, 0.29) is 17.8 Å². The van der Waals surface area contributed by atoms with Gasteiger partial charge in [-0.3, -0.25) is 9.59 Å². The summed E-state index contributed by atoms with van der Waals surface area (Å²) >= 11 is 0. The molecular formula is C15H25NO3. The largest absolute Gasteiger partial charge is 0.465 e. The standard InChI is InChI=1S/C15H25NO3/c1-4-5-6-11-19-15(18)13-7-9-16(10-8-13)14(17)12(2)3/h13H,2,4-11H2,1,3H3. The summed E-state index contributed by atoms with van der Waals surface area (Å²) in [6.07, 6.45) is 4.56. The Morgan fingerprint density at radius 3 is 2.42 bits per heavy atom. The van der Waals surface area contributed by atoms with Crippen molar-refractivity contribution in [3.63, 3.8) is 0 Å². The molecule has 0 bridgehead atoms. The van der Waals surface area contributed by atoms with E-state index in [4.69, 9.17) is 4.74 Å². The maximum absolute atomic E-state index is 11.8. The highest BCUT2D eigenvalue weighted by Gasteiger charge is 2.28. The Balaban J connectivity index is 2.27. The van der Waals surface area contributed by atoms with Gasteiger partial charge in [0.2, 0.25) is 5.91 Å². The lowest BCUT2D eigenvalue weighted by atomic mass is 9.96. The van der Waals surface area contributed by atoms with Crippen LogP contribution in [-0.4, -0.2) is 36.5 Å². The molecule has 0 aromatic carbocycles. The van der Waals surface area contributed by atoms with Crippen LogP contribution in [0.25, 0.3) is 0 Å². The number of hydrogen-bond acceptors (Lipinski definition) is 3. The molecule has 0 saturated carbocycles. The molecule has 1 fully saturated rings. The number of nitrogens with zero attached hydrogens (tertiary/aromatic N) is 1. The Hall–Kier alpha value is -1.32. The van der Waals surface area contributed by atoms with Gasteiger partial charge in [0.25, 0.3) is 0 Å². The second-order valence-electron chi connectivity index (χ2n) is 5.22. The quantitative estimate of drug-likeness (QED) is 0.422. The third-order valence-electron chi connectivity index (χ3n) is 3.47. The van der Waals surface area contributed by atoms with Gasteiger partial charge in [-0.1, -0.05) is 26.3 Å². The number of hydrogen-bond donors (Lipinski definition) is 0. The Labute approximate surface area is 115 Å². The van der Waals surface area contributed by atoms with Crippen molar-refractivity contribution in [1.82, 2.24) is 4.90 Å². The molecule has 19 heavy (non-hydrogen) atoms. The fraction of sp³-hybridized carbons (Fsp3) is 0.733. The van der Waals surface area contributed by atoms with Crippen LogP contribution in [-0.2, 0) is 14.3 Å². The van der Waals surface area contributed by atoms with Crippen molar-refractivity contribution in [3.05, 3.63) is 12.2 Å². The molecule has 1 amide bonds. The van der Waals surface area contributed by atoms with Gasteiger partial charge in [0, 0.05) is 18.7 Å². The molecule has 0 atom stereocenters. The first-order valence-corrected chi connectivity index (χ1v) is 7.17. The van der Waals surface area contributed by atoms with E-state index in [0.29, 0.717) is 38.1 Å². The third-order valence-corrected chi connectivity index (χ3v) is 3.47. The Bertz CT molecular complexity index is 330. The topological polar surface area (TPSA) is 46.6 Å². The smallest absolute Gasteiger partial charge is 0.309 e. The van der Waals surface area contributed by atoms with Crippen molar-refractivity contribution < 1.29 is 14.3 Å². The van der Waals surface area contributed by atoms with Crippen LogP contribution >= 0.6 is 0 Å². The number of carbonyl (C=O) groups excluding carboxylic acids is 2. The van der Waals surface area contributed by atoms with Crippen LogP contribution in [0.5, 0.6) is 0 Å². The van der Waals surface area contributed by atoms with Crippen LogP contribution in [0, 0.1) is 5.92 Å². The Kier molecular flexibility index (Phi) is 6.60. The first-order chi connectivity index (χ1) is 9.06. The number of rotatable bonds is 6. The lowest BCUT2D eigenvalue weighted by molar-refractivity contribution is -0.151. The van der Waals surface area contributed by atoms with Gasteiger partial charge < -0.3 is 9.64 Å². The van der Waals surface area contributed by atoms with Crippen molar-refractivity contribution in [2.45, 2.75) is 46.0 Å². The normalized spacial score (nSPS) is 16.2. The van der Waals surface area contributed by atoms with Crippen LogP contribution in [0.4, 0.5) is 0 Å². The van der Waals surface area contributed by atoms with Gasteiger partial charge in [-0.25, -0.2) is 0 Å². The monoisotopic (exact) mass is 267 g/mol. The molecule has 0 aliphatic carbocycles. The summed E-state index contributed by atoms with van der Waals surface area (Å²) in [6.45, 7) is 9.28. The number of likely N-dealkylation sites (tertiary alicyclic amines) is 1.